The van der Waals surface area contributed by atoms with Gasteiger partial charge in [-0.15, -0.1) is 0 Å². The Kier molecular flexibility index (Phi) is 4.55. The molecule has 1 N–H and O–H groups in total. The zero-order chi connectivity index (χ0) is 13.9. The van der Waals surface area contributed by atoms with Gasteiger partial charge in [-0.3, -0.25) is 9.67 Å². The van der Waals surface area contributed by atoms with Crippen LogP contribution >= 0.6 is 11.8 Å². The highest BCUT2D eigenvalue weighted by atomic mass is 32.2. The highest BCUT2D eigenvalue weighted by Gasteiger charge is 2.27. The first-order chi connectivity index (χ1) is 9.06. The van der Waals surface area contributed by atoms with Crippen molar-refractivity contribution in [2.45, 2.75) is 52.1 Å². The number of aliphatic imine (C=N–C) groups is 1. The minimum Gasteiger partial charge on any atom is -0.360 e. The van der Waals surface area contributed by atoms with Crippen molar-refractivity contribution in [3.63, 3.8) is 0 Å². The fourth-order valence-electron chi connectivity index (χ4n) is 2.25. The zero-order valence-electron chi connectivity index (χ0n) is 12.4. The summed E-state index contributed by atoms with van der Waals surface area (Å²) in [5, 5.41) is 9.12. The Balaban J connectivity index is 2.05. The molecule has 2 heterocycles. The molecule has 0 amide bonds. The van der Waals surface area contributed by atoms with Crippen molar-refractivity contribution in [2.24, 2.45) is 12.0 Å². The summed E-state index contributed by atoms with van der Waals surface area (Å²) in [6, 6.07) is 0. The standard InChI is InChI=1S/C14H24N4S/c1-5-12-11(10-18(4)17-12)9-15-13-16-14(3,6-2)7-8-19-13/h10H,5-9H2,1-4H3,(H,15,16). The Hall–Kier alpha value is -0.970. The van der Waals surface area contributed by atoms with Crippen molar-refractivity contribution in [3.05, 3.63) is 17.5 Å². The molecular weight excluding hydrogens is 256 g/mol. The Labute approximate surface area is 120 Å². The molecule has 1 atom stereocenters. The van der Waals surface area contributed by atoms with E-state index in [-0.39, 0.29) is 5.54 Å². The van der Waals surface area contributed by atoms with E-state index in [1.807, 2.05) is 23.5 Å². The number of aryl methyl sites for hydroxylation is 2. The Morgan fingerprint density at radius 1 is 1.53 bits per heavy atom. The van der Waals surface area contributed by atoms with Crippen molar-refractivity contribution in [1.82, 2.24) is 15.1 Å². The quantitative estimate of drug-likeness (QED) is 0.922. The average Bonchev–Trinajstić information content (AvgIpc) is 2.77. The zero-order valence-corrected chi connectivity index (χ0v) is 13.2. The second-order valence-electron chi connectivity index (χ2n) is 5.39. The van der Waals surface area contributed by atoms with Crippen LogP contribution < -0.4 is 5.32 Å². The van der Waals surface area contributed by atoms with E-state index in [1.54, 1.807) is 0 Å². The van der Waals surface area contributed by atoms with Gasteiger partial charge in [0, 0.05) is 30.1 Å². The maximum Gasteiger partial charge on any atom is 0.157 e. The molecule has 1 aromatic rings. The molecule has 106 valence electrons. The smallest absolute Gasteiger partial charge is 0.157 e. The minimum atomic E-state index is 0.215. The molecule has 4 nitrogen and oxygen atoms in total. The van der Waals surface area contributed by atoms with Gasteiger partial charge in [-0.1, -0.05) is 25.6 Å². The summed E-state index contributed by atoms with van der Waals surface area (Å²) in [6.45, 7) is 7.38. The molecule has 0 spiro atoms. The molecule has 1 aliphatic rings. The monoisotopic (exact) mass is 280 g/mol. The van der Waals surface area contributed by atoms with Gasteiger partial charge in [0.1, 0.15) is 0 Å². The average molecular weight is 280 g/mol. The molecular formula is C14H24N4S. The van der Waals surface area contributed by atoms with E-state index >= 15 is 0 Å². The summed E-state index contributed by atoms with van der Waals surface area (Å²) < 4.78 is 1.88. The molecule has 1 aliphatic heterocycles. The molecule has 0 bridgehead atoms. The third-order valence-electron chi connectivity index (χ3n) is 3.80. The van der Waals surface area contributed by atoms with Crippen LogP contribution in [-0.2, 0) is 20.0 Å². The van der Waals surface area contributed by atoms with E-state index in [0.29, 0.717) is 0 Å². The second-order valence-corrected chi connectivity index (χ2v) is 6.47. The SMILES string of the molecule is CCc1nn(C)cc1CN=C1NC(C)(CC)CCS1. The maximum absolute atomic E-state index is 4.73. The molecule has 0 saturated carbocycles. The van der Waals surface area contributed by atoms with Gasteiger partial charge in [-0.05, 0) is 26.2 Å². The number of hydrogen-bond acceptors (Lipinski definition) is 3. The fourth-order valence-corrected chi connectivity index (χ4v) is 3.47. The number of rotatable bonds is 4. The van der Waals surface area contributed by atoms with Crippen molar-refractivity contribution in [1.29, 1.82) is 0 Å². The van der Waals surface area contributed by atoms with Gasteiger partial charge in [0.15, 0.2) is 5.17 Å². The third kappa shape index (κ3) is 3.53. The van der Waals surface area contributed by atoms with Crippen LogP contribution in [0.1, 0.15) is 44.9 Å². The van der Waals surface area contributed by atoms with Crippen LogP contribution in [0.2, 0.25) is 0 Å². The lowest BCUT2D eigenvalue weighted by Crippen LogP contribution is -2.48. The lowest BCUT2D eigenvalue weighted by atomic mass is 9.96. The first-order valence-electron chi connectivity index (χ1n) is 7.03. The molecule has 2 rings (SSSR count). The maximum atomic E-state index is 4.73. The summed E-state index contributed by atoms with van der Waals surface area (Å²) in [4.78, 5) is 4.73. The van der Waals surface area contributed by atoms with Crippen LogP contribution in [0.15, 0.2) is 11.2 Å². The molecule has 5 heteroatoms. The topological polar surface area (TPSA) is 42.2 Å². The van der Waals surface area contributed by atoms with Crippen LogP contribution in [-0.4, -0.2) is 26.2 Å². The van der Waals surface area contributed by atoms with E-state index < -0.39 is 0 Å². The number of aromatic nitrogens is 2. The van der Waals surface area contributed by atoms with Crippen molar-refractivity contribution in [2.75, 3.05) is 5.75 Å². The number of nitrogens with zero attached hydrogens (tertiary/aromatic N) is 3. The van der Waals surface area contributed by atoms with Crippen molar-refractivity contribution < 1.29 is 0 Å². The molecule has 0 aliphatic carbocycles. The second kappa shape index (κ2) is 5.99. The van der Waals surface area contributed by atoms with E-state index in [0.717, 1.165) is 36.0 Å². The van der Waals surface area contributed by atoms with Gasteiger partial charge < -0.3 is 5.32 Å². The van der Waals surface area contributed by atoms with Crippen LogP contribution in [0.5, 0.6) is 0 Å². The predicted octanol–water partition coefficient (Wildman–Crippen LogP) is 2.73. The first kappa shape index (κ1) is 14.4. The van der Waals surface area contributed by atoms with Gasteiger partial charge in [-0.2, -0.15) is 5.10 Å². The predicted molar refractivity (Wildman–Crippen MR) is 82.6 cm³/mol. The number of nitrogens with one attached hydrogen (secondary N) is 1. The molecule has 0 aromatic carbocycles. The van der Waals surface area contributed by atoms with Crippen molar-refractivity contribution in [3.8, 4) is 0 Å². The summed E-state index contributed by atoms with van der Waals surface area (Å²) in [5.41, 5.74) is 2.61. The number of hydrogen-bond donors (Lipinski definition) is 1. The van der Waals surface area contributed by atoms with E-state index in [4.69, 9.17) is 4.99 Å². The molecule has 0 radical (unpaired) electrons. The first-order valence-corrected chi connectivity index (χ1v) is 8.01. The lowest BCUT2D eigenvalue weighted by molar-refractivity contribution is 0.390. The molecule has 1 saturated heterocycles. The van der Waals surface area contributed by atoms with Crippen molar-refractivity contribution >= 4 is 16.9 Å². The molecule has 19 heavy (non-hydrogen) atoms. The van der Waals surface area contributed by atoms with Gasteiger partial charge in [0.25, 0.3) is 0 Å². The van der Waals surface area contributed by atoms with Gasteiger partial charge in [0.05, 0.1) is 12.2 Å². The normalized spacial score (nSPS) is 25.6. The van der Waals surface area contributed by atoms with Gasteiger partial charge in [0.2, 0.25) is 0 Å². The van der Waals surface area contributed by atoms with E-state index in [2.05, 4.69) is 37.4 Å². The highest BCUT2D eigenvalue weighted by molar-refractivity contribution is 8.13. The minimum absolute atomic E-state index is 0.215. The number of amidine groups is 1. The van der Waals surface area contributed by atoms with Crippen LogP contribution in [0.4, 0.5) is 0 Å². The van der Waals surface area contributed by atoms with Crippen LogP contribution in [0, 0.1) is 0 Å². The number of thioether (sulfide) groups is 1. The van der Waals surface area contributed by atoms with Crippen LogP contribution in [0.25, 0.3) is 0 Å². The molecule has 1 unspecified atom stereocenters. The summed E-state index contributed by atoms with van der Waals surface area (Å²) >= 11 is 1.83. The third-order valence-corrected chi connectivity index (χ3v) is 4.71. The van der Waals surface area contributed by atoms with E-state index in [1.165, 1.54) is 12.0 Å². The largest absolute Gasteiger partial charge is 0.360 e. The summed E-state index contributed by atoms with van der Waals surface area (Å²) in [7, 11) is 1.97. The van der Waals surface area contributed by atoms with Gasteiger partial charge >= 0.3 is 0 Å². The Morgan fingerprint density at radius 2 is 2.32 bits per heavy atom. The Morgan fingerprint density at radius 3 is 3.00 bits per heavy atom. The summed E-state index contributed by atoms with van der Waals surface area (Å²) in [5.74, 6) is 1.16. The summed E-state index contributed by atoms with van der Waals surface area (Å²) in [6.07, 6.45) is 5.39. The van der Waals surface area contributed by atoms with Gasteiger partial charge in [-0.25, -0.2) is 0 Å². The Bertz CT molecular complexity index is 466. The lowest BCUT2D eigenvalue weighted by Gasteiger charge is -2.35. The molecule has 1 fully saturated rings. The molecule has 1 aromatic heterocycles. The fraction of sp³-hybridized carbons (Fsp3) is 0.714. The van der Waals surface area contributed by atoms with E-state index in [9.17, 15) is 0 Å². The highest BCUT2D eigenvalue weighted by Crippen LogP contribution is 2.25. The van der Waals surface area contributed by atoms with Crippen LogP contribution in [0.3, 0.4) is 0 Å².